The lowest BCUT2D eigenvalue weighted by molar-refractivity contribution is -0.185. The normalized spacial score (nSPS) is 25.2. The molecule has 2 aliphatic rings. The van der Waals surface area contributed by atoms with Gasteiger partial charge in [0.05, 0.1) is 19.1 Å². The van der Waals surface area contributed by atoms with Crippen molar-refractivity contribution < 1.29 is 31.8 Å². The van der Waals surface area contributed by atoms with E-state index in [1.54, 1.807) is 0 Å². The second-order valence-electron chi connectivity index (χ2n) is 7.58. The summed E-state index contributed by atoms with van der Waals surface area (Å²) in [5, 5.41) is 2.74. The minimum absolute atomic E-state index is 0.0488. The van der Waals surface area contributed by atoms with Crippen molar-refractivity contribution in [2.75, 3.05) is 20.7 Å². The fourth-order valence-corrected chi connectivity index (χ4v) is 3.69. The molecule has 1 aliphatic heterocycles. The number of amides is 1. The van der Waals surface area contributed by atoms with Crippen LogP contribution in [-0.4, -0.2) is 54.8 Å². The highest BCUT2D eigenvalue weighted by molar-refractivity contribution is 5.82. The monoisotopic (exact) mass is 419 g/mol. The summed E-state index contributed by atoms with van der Waals surface area (Å²) >= 11 is 0. The molecule has 29 heavy (non-hydrogen) atoms. The molecule has 2 heterocycles. The zero-order chi connectivity index (χ0) is 21.2. The number of pyridine rings is 1. The lowest BCUT2D eigenvalue weighted by Crippen LogP contribution is -2.53. The van der Waals surface area contributed by atoms with Gasteiger partial charge in [-0.05, 0) is 45.2 Å². The molecule has 162 valence electrons. The van der Waals surface area contributed by atoms with Gasteiger partial charge in [-0.15, -0.1) is 0 Å². The number of aromatic nitrogens is 1. The van der Waals surface area contributed by atoms with Gasteiger partial charge in [-0.25, -0.2) is 4.39 Å². The summed E-state index contributed by atoms with van der Waals surface area (Å²) in [6, 6.07) is 0.987. The highest BCUT2D eigenvalue weighted by Crippen LogP contribution is 2.38. The van der Waals surface area contributed by atoms with E-state index in [2.05, 4.69) is 10.3 Å². The lowest BCUT2D eigenvalue weighted by Gasteiger charge is -2.36. The Morgan fingerprint density at radius 1 is 1.24 bits per heavy atom. The Morgan fingerprint density at radius 2 is 1.93 bits per heavy atom. The summed E-state index contributed by atoms with van der Waals surface area (Å²) in [5.41, 5.74) is 0.355. The van der Waals surface area contributed by atoms with Gasteiger partial charge in [0.1, 0.15) is 6.10 Å². The molecule has 1 saturated carbocycles. The number of carbonyl (C=O) groups excluding carboxylic acids is 1. The van der Waals surface area contributed by atoms with Gasteiger partial charge in [0.2, 0.25) is 11.8 Å². The van der Waals surface area contributed by atoms with E-state index < -0.39 is 24.0 Å². The van der Waals surface area contributed by atoms with Crippen molar-refractivity contribution in [3.05, 3.63) is 17.4 Å². The molecule has 3 rings (SSSR count). The molecule has 0 spiro atoms. The molecular weight excluding hydrogens is 394 g/mol. The SMILES string of the molecule is COc1nc(OC2CCC(C(F)(F)F)CC2)c(F)cc1CNC(=O)C1CCN1C. The van der Waals surface area contributed by atoms with Crippen molar-refractivity contribution in [3.8, 4) is 11.8 Å². The summed E-state index contributed by atoms with van der Waals surface area (Å²) in [7, 11) is 3.22. The van der Waals surface area contributed by atoms with Crippen LogP contribution in [0, 0.1) is 11.7 Å². The maximum atomic E-state index is 14.5. The first-order valence-corrected chi connectivity index (χ1v) is 9.63. The summed E-state index contributed by atoms with van der Waals surface area (Å²) in [6.45, 7) is 0.905. The molecule has 1 aliphatic carbocycles. The van der Waals surface area contributed by atoms with Crippen LogP contribution in [0.25, 0.3) is 0 Å². The molecule has 2 fully saturated rings. The first kappa shape index (κ1) is 21.6. The summed E-state index contributed by atoms with van der Waals surface area (Å²) in [6.07, 6.45) is -3.70. The standard InChI is InChI=1S/C19H25F4N3O3/c1-26-8-7-15(26)16(27)24-10-11-9-14(20)18(25-17(11)28-2)29-13-5-3-12(4-6-13)19(21,22)23/h9,12-13,15H,3-8,10H2,1-2H3,(H,24,27). The van der Waals surface area contributed by atoms with E-state index in [9.17, 15) is 22.4 Å². The van der Waals surface area contributed by atoms with Gasteiger partial charge in [-0.2, -0.15) is 18.2 Å². The van der Waals surface area contributed by atoms with Crippen molar-refractivity contribution >= 4 is 5.91 Å². The molecule has 6 nitrogen and oxygen atoms in total. The summed E-state index contributed by atoms with van der Waals surface area (Å²) < 4.78 is 63.5. The number of ether oxygens (including phenoxy) is 2. The van der Waals surface area contributed by atoms with Crippen molar-refractivity contribution in [2.45, 2.75) is 57.0 Å². The predicted molar refractivity (Wildman–Crippen MR) is 96.1 cm³/mol. The van der Waals surface area contributed by atoms with Crippen LogP contribution in [0.2, 0.25) is 0 Å². The Kier molecular flexibility index (Phi) is 6.50. The van der Waals surface area contributed by atoms with Gasteiger partial charge in [0, 0.05) is 18.7 Å². The molecule has 0 radical (unpaired) electrons. The zero-order valence-electron chi connectivity index (χ0n) is 16.4. The number of rotatable bonds is 6. The van der Waals surface area contributed by atoms with Crippen LogP contribution < -0.4 is 14.8 Å². The average molecular weight is 419 g/mol. The summed E-state index contributed by atoms with van der Waals surface area (Å²) in [5.74, 6) is -2.43. The fourth-order valence-electron chi connectivity index (χ4n) is 3.69. The van der Waals surface area contributed by atoms with Crippen LogP contribution in [0.15, 0.2) is 6.07 Å². The first-order valence-electron chi connectivity index (χ1n) is 9.63. The smallest absolute Gasteiger partial charge is 0.391 e. The van der Waals surface area contributed by atoms with Crippen molar-refractivity contribution in [2.24, 2.45) is 5.92 Å². The van der Waals surface area contributed by atoms with Gasteiger partial charge in [-0.1, -0.05) is 0 Å². The molecule has 1 N–H and O–H groups in total. The third-order valence-electron chi connectivity index (χ3n) is 5.63. The maximum absolute atomic E-state index is 14.5. The molecule has 1 atom stereocenters. The third-order valence-corrected chi connectivity index (χ3v) is 5.63. The van der Waals surface area contributed by atoms with Crippen molar-refractivity contribution in [3.63, 3.8) is 0 Å². The molecule has 1 aromatic rings. The van der Waals surface area contributed by atoms with Gasteiger partial charge in [0.15, 0.2) is 5.82 Å². The second kappa shape index (κ2) is 8.73. The number of nitrogens with zero attached hydrogens (tertiary/aromatic N) is 2. The molecule has 1 saturated heterocycles. The van der Waals surface area contributed by atoms with Crippen LogP contribution in [0.5, 0.6) is 11.8 Å². The van der Waals surface area contributed by atoms with Gasteiger partial charge < -0.3 is 14.8 Å². The van der Waals surface area contributed by atoms with E-state index in [0.717, 1.165) is 13.0 Å². The van der Waals surface area contributed by atoms with Crippen LogP contribution in [0.1, 0.15) is 37.7 Å². The molecule has 1 aromatic heterocycles. The number of carbonyl (C=O) groups is 1. The van der Waals surface area contributed by atoms with Crippen LogP contribution in [0.3, 0.4) is 0 Å². The zero-order valence-corrected chi connectivity index (χ0v) is 16.4. The predicted octanol–water partition coefficient (Wildman–Crippen LogP) is 3.05. The fraction of sp³-hybridized carbons (Fsp3) is 0.684. The molecule has 1 unspecified atom stereocenters. The molecular formula is C19H25F4N3O3. The molecule has 0 bridgehead atoms. The van der Waals surface area contributed by atoms with Gasteiger partial charge >= 0.3 is 6.18 Å². The third kappa shape index (κ3) is 5.09. The first-order chi connectivity index (χ1) is 13.7. The van der Waals surface area contributed by atoms with Gasteiger partial charge in [-0.3, -0.25) is 9.69 Å². The number of hydrogen-bond acceptors (Lipinski definition) is 5. The van der Waals surface area contributed by atoms with Crippen molar-refractivity contribution in [1.82, 2.24) is 15.2 Å². The Morgan fingerprint density at radius 3 is 2.45 bits per heavy atom. The quantitative estimate of drug-likeness (QED) is 0.719. The van der Waals surface area contributed by atoms with E-state index in [0.29, 0.717) is 5.56 Å². The van der Waals surface area contributed by atoms with Crippen LogP contribution in [-0.2, 0) is 11.3 Å². The highest BCUT2D eigenvalue weighted by atomic mass is 19.4. The van der Waals surface area contributed by atoms with E-state index in [1.165, 1.54) is 13.2 Å². The Hall–Kier alpha value is -2.10. The van der Waals surface area contributed by atoms with Crippen LogP contribution >= 0.6 is 0 Å². The minimum atomic E-state index is -4.21. The number of nitrogens with one attached hydrogen (secondary N) is 1. The van der Waals surface area contributed by atoms with E-state index in [4.69, 9.17) is 9.47 Å². The topological polar surface area (TPSA) is 63.7 Å². The lowest BCUT2D eigenvalue weighted by atomic mass is 9.87. The Labute approximate surface area is 166 Å². The number of likely N-dealkylation sites (tertiary alicyclic amines) is 1. The number of halogens is 4. The van der Waals surface area contributed by atoms with Crippen LogP contribution in [0.4, 0.5) is 17.6 Å². The molecule has 1 amide bonds. The number of hydrogen-bond donors (Lipinski definition) is 1. The number of likely N-dealkylation sites (N-methyl/N-ethyl adjacent to an activating group) is 1. The minimum Gasteiger partial charge on any atom is -0.481 e. The van der Waals surface area contributed by atoms with Crippen molar-refractivity contribution in [1.29, 1.82) is 0 Å². The van der Waals surface area contributed by atoms with Gasteiger partial charge in [0.25, 0.3) is 5.88 Å². The molecule has 10 heteroatoms. The Bertz CT molecular complexity index is 736. The Balaban J connectivity index is 1.60. The summed E-state index contributed by atoms with van der Waals surface area (Å²) in [4.78, 5) is 18.0. The second-order valence-corrected chi connectivity index (χ2v) is 7.58. The van der Waals surface area contributed by atoms with E-state index in [-0.39, 0.29) is 55.9 Å². The van der Waals surface area contributed by atoms with E-state index in [1.807, 2.05) is 11.9 Å². The molecule has 0 aromatic carbocycles. The largest absolute Gasteiger partial charge is 0.481 e. The van der Waals surface area contributed by atoms with E-state index >= 15 is 0 Å². The number of methoxy groups -OCH3 is 1. The highest BCUT2D eigenvalue weighted by Gasteiger charge is 2.42. The number of alkyl halides is 3. The maximum Gasteiger partial charge on any atom is 0.391 e. The average Bonchev–Trinajstić information content (AvgIpc) is 2.66.